The van der Waals surface area contributed by atoms with Gasteiger partial charge >= 0.3 is 0 Å². The molecule has 43 heavy (non-hydrogen) atoms. The van der Waals surface area contributed by atoms with Gasteiger partial charge in [0.05, 0.1) is 13.6 Å². The summed E-state index contributed by atoms with van der Waals surface area (Å²) >= 11 is 0. The number of benzene rings is 4. The van der Waals surface area contributed by atoms with Crippen LogP contribution in [0.15, 0.2) is 83.4 Å². The van der Waals surface area contributed by atoms with E-state index in [1.54, 1.807) is 18.3 Å². The molecular weight excluding hydrogens is 546 g/mol. The predicted molar refractivity (Wildman–Crippen MR) is 183 cm³/mol. The van der Waals surface area contributed by atoms with Crippen LogP contribution in [0.5, 0.6) is 0 Å². The van der Waals surface area contributed by atoms with E-state index in [0.717, 1.165) is 43.9 Å². The minimum atomic E-state index is -2.19. The van der Waals surface area contributed by atoms with E-state index in [2.05, 4.69) is 84.5 Å². The summed E-state index contributed by atoms with van der Waals surface area (Å²) < 4.78 is 47.9. The number of hydrogen-bond donors (Lipinski definition) is 0. The number of hydrogen-bond acceptors (Lipinski definition) is 1. The third kappa shape index (κ3) is 4.53. The molecule has 0 aliphatic rings. The molecule has 0 N–H and O–H groups in total. The van der Waals surface area contributed by atoms with E-state index in [9.17, 15) is 0 Å². The predicted octanol–water partition coefficient (Wildman–Crippen LogP) is 10.5. The standard InChI is InChI=1S/C39H43FNOSi/c1-24-11-20-34(41(9)23-24)35-25(2)12-18-30-29-19-15-27-21-31(33(40)22-32(27)36(29)42-37(30)35)26-13-16-28(17-14-26)43(10,38(3,4)5)39(6,7)8/h11-23H,1-10H3/q+1/i1D3. The van der Waals surface area contributed by atoms with Crippen LogP contribution in [-0.4, -0.2) is 8.07 Å². The minimum Gasteiger partial charge on any atom is -0.454 e. The SMILES string of the molecule is [2H]C([2H])([2H])c1ccc(-c2c(C)ccc3c2oc2c4cc(F)c(-c5ccc([Si](C)(C(C)(C)C)C(C)(C)C)cc5)cc4ccc32)[n+](C)c1. The van der Waals surface area contributed by atoms with Crippen molar-refractivity contribution >= 4 is 46.0 Å². The second-order valence-electron chi connectivity index (χ2n) is 14.3. The Labute approximate surface area is 260 Å². The van der Waals surface area contributed by atoms with Crippen molar-refractivity contribution in [3.8, 4) is 22.4 Å². The molecule has 0 aliphatic heterocycles. The molecule has 0 unspecified atom stereocenters. The van der Waals surface area contributed by atoms with Crippen molar-refractivity contribution in [3.05, 3.63) is 95.9 Å². The Hall–Kier alpha value is -3.76. The fourth-order valence-electron chi connectivity index (χ4n) is 7.12. The molecule has 2 nitrogen and oxygen atoms in total. The maximum atomic E-state index is 16.0. The van der Waals surface area contributed by atoms with E-state index in [4.69, 9.17) is 8.53 Å². The maximum absolute atomic E-state index is 16.0. The molecule has 6 rings (SSSR count). The zero-order chi connectivity index (χ0) is 33.6. The summed E-state index contributed by atoms with van der Waals surface area (Å²) in [4.78, 5) is 0. The van der Waals surface area contributed by atoms with Gasteiger partial charge < -0.3 is 4.42 Å². The highest BCUT2D eigenvalue weighted by Gasteiger charge is 2.50. The van der Waals surface area contributed by atoms with Crippen LogP contribution >= 0.6 is 0 Å². The van der Waals surface area contributed by atoms with Gasteiger partial charge in [-0.15, -0.1) is 0 Å². The third-order valence-electron chi connectivity index (χ3n) is 10.1. The lowest BCUT2D eigenvalue weighted by Gasteiger charge is -2.50. The van der Waals surface area contributed by atoms with Crippen LogP contribution in [0.2, 0.25) is 16.6 Å². The molecule has 0 amide bonds. The van der Waals surface area contributed by atoms with E-state index in [1.165, 1.54) is 5.19 Å². The second-order valence-corrected chi connectivity index (χ2v) is 20.2. The molecule has 0 radical (unpaired) electrons. The molecule has 0 saturated carbocycles. The Bertz CT molecular complexity index is 2130. The first kappa shape index (κ1) is 25.7. The van der Waals surface area contributed by atoms with Crippen LogP contribution in [0.1, 0.15) is 56.8 Å². The average Bonchev–Trinajstić information content (AvgIpc) is 3.34. The lowest BCUT2D eigenvalue weighted by molar-refractivity contribution is -0.660. The summed E-state index contributed by atoms with van der Waals surface area (Å²) in [5.74, 6) is -0.289. The van der Waals surface area contributed by atoms with Gasteiger partial charge in [0.2, 0.25) is 5.69 Å². The van der Waals surface area contributed by atoms with Crippen LogP contribution < -0.4 is 9.75 Å². The molecule has 0 atom stereocenters. The van der Waals surface area contributed by atoms with Gasteiger partial charge in [-0.2, -0.15) is 0 Å². The van der Waals surface area contributed by atoms with Gasteiger partial charge in [0.25, 0.3) is 0 Å². The largest absolute Gasteiger partial charge is 0.454 e. The molecule has 0 saturated heterocycles. The highest BCUT2D eigenvalue weighted by molar-refractivity contribution is 6.95. The molecule has 0 bridgehead atoms. The molecule has 4 aromatic carbocycles. The van der Waals surface area contributed by atoms with Crippen molar-refractivity contribution in [3.63, 3.8) is 0 Å². The Balaban J connectivity index is 1.48. The topological polar surface area (TPSA) is 17.0 Å². The highest BCUT2D eigenvalue weighted by Crippen LogP contribution is 2.50. The average molecular weight is 592 g/mol. The van der Waals surface area contributed by atoms with E-state index in [0.29, 0.717) is 16.7 Å². The first-order valence-electron chi connectivity index (χ1n) is 16.5. The fourth-order valence-corrected chi connectivity index (χ4v) is 11.9. The summed E-state index contributed by atoms with van der Waals surface area (Å²) in [7, 11) is -0.0914. The summed E-state index contributed by atoms with van der Waals surface area (Å²) in [5, 5.41) is 5.18. The fraction of sp³-hybridized carbons (Fsp3) is 0.308. The molecule has 2 heterocycles. The number of furan rings is 1. The van der Waals surface area contributed by atoms with Crippen molar-refractivity contribution in [2.45, 2.75) is 71.9 Å². The zero-order valence-corrected chi connectivity index (χ0v) is 27.7. The first-order chi connectivity index (χ1) is 21.3. The van der Waals surface area contributed by atoms with Crippen molar-refractivity contribution in [2.24, 2.45) is 7.05 Å². The number of pyridine rings is 1. The van der Waals surface area contributed by atoms with E-state index >= 15 is 4.39 Å². The molecule has 0 aliphatic carbocycles. The Morgan fingerprint density at radius 3 is 2.07 bits per heavy atom. The van der Waals surface area contributed by atoms with Crippen LogP contribution in [0.4, 0.5) is 4.39 Å². The Kier molecular flexibility index (Phi) is 5.91. The number of rotatable bonds is 3. The summed E-state index contributed by atoms with van der Waals surface area (Å²) in [6.45, 7) is 16.4. The minimum absolute atomic E-state index is 0.163. The van der Waals surface area contributed by atoms with Gasteiger partial charge in [-0.05, 0) is 64.6 Å². The van der Waals surface area contributed by atoms with Crippen molar-refractivity contribution < 1.29 is 17.5 Å². The molecule has 2 aromatic heterocycles. The Morgan fingerprint density at radius 2 is 1.44 bits per heavy atom. The molecule has 220 valence electrons. The van der Waals surface area contributed by atoms with Gasteiger partial charge in [0.1, 0.15) is 24.0 Å². The summed E-state index contributed by atoms with van der Waals surface area (Å²) in [6.07, 6.45) is 1.65. The van der Waals surface area contributed by atoms with Gasteiger partial charge in [-0.1, -0.05) is 95.7 Å². The quantitative estimate of drug-likeness (QED) is 0.148. The van der Waals surface area contributed by atoms with Crippen LogP contribution in [0.3, 0.4) is 0 Å². The number of aromatic nitrogens is 1. The van der Waals surface area contributed by atoms with Crippen LogP contribution in [-0.2, 0) is 7.05 Å². The van der Waals surface area contributed by atoms with E-state index in [1.807, 2.05) is 42.8 Å². The number of halogens is 1. The lowest BCUT2D eigenvalue weighted by Crippen LogP contribution is -2.58. The maximum Gasteiger partial charge on any atom is 0.216 e. The van der Waals surface area contributed by atoms with Gasteiger partial charge in [0.15, 0.2) is 6.20 Å². The zero-order valence-electron chi connectivity index (χ0n) is 29.7. The van der Waals surface area contributed by atoms with Gasteiger partial charge in [-0.3, -0.25) is 0 Å². The second kappa shape index (κ2) is 9.88. The summed E-state index contributed by atoms with van der Waals surface area (Å²) in [6, 6.07) is 23.8. The van der Waals surface area contributed by atoms with E-state index in [-0.39, 0.29) is 21.5 Å². The van der Waals surface area contributed by atoms with Crippen molar-refractivity contribution in [1.29, 1.82) is 0 Å². The smallest absolute Gasteiger partial charge is 0.216 e. The van der Waals surface area contributed by atoms with Gasteiger partial charge in [0, 0.05) is 37.5 Å². The number of fused-ring (bicyclic) bond motifs is 5. The van der Waals surface area contributed by atoms with Crippen LogP contribution in [0, 0.1) is 19.6 Å². The molecular formula is C39H43FNOSi+. The molecule has 6 aromatic rings. The molecule has 0 fully saturated rings. The lowest BCUT2D eigenvalue weighted by atomic mass is 9.97. The monoisotopic (exact) mass is 591 g/mol. The van der Waals surface area contributed by atoms with Crippen molar-refractivity contribution in [2.75, 3.05) is 0 Å². The number of aryl methyl sites for hydroxylation is 3. The highest BCUT2D eigenvalue weighted by atomic mass is 28.3. The number of nitrogens with zero attached hydrogens (tertiary/aromatic N) is 1. The van der Waals surface area contributed by atoms with Gasteiger partial charge in [-0.25, -0.2) is 8.96 Å². The van der Waals surface area contributed by atoms with Crippen molar-refractivity contribution in [1.82, 2.24) is 0 Å². The normalized spacial score (nSPS) is 14.3. The van der Waals surface area contributed by atoms with E-state index < -0.39 is 14.9 Å². The summed E-state index contributed by atoms with van der Waals surface area (Å²) in [5.41, 5.74) is 5.78. The molecule has 0 spiro atoms. The molecule has 4 heteroatoms. The van der Waals surface area contributed by atoms with Crippen LogP contribution in [0.25, 0.3) is 55.1 Å². The Morgan fingerprint density at radius 1 is 0.791 bits per heavy atom. The third-order valence-corrected chi connectivity index (χ3v) is 17.6. The first-order valence-corrected chi connectivity index (χ1v) is 17.5.